The van der Waals surface area contributed by atoms with Gasteiger partial charge < -0.3 is 14.2 Å². The van der Waals surface area contributed by atoms with Crippen LogP contribution in [0.25, 0.3) is 0 Å². The third kappa shape index (κ3) is 4.55. The van der Waals surface area contributed by atoms with E-state index in [1.165, 1.54) is 0 Å². The van der Waals surface area contributed by atoms with Crippen molar-refractivity contribution in [1.82, 2.24) is 5.01 Å². The fourth-order valence-corrected chi connectivity index (χ4v) is 4.68. The first kappa shape index (κ1) is 22.5. The van der Waals surface area contributed by atoms with Crippen LogP contribution in [0.3, 0.4) is 0 Å². The lowest BCUT2D eigenvalue weighted by atomic mass is 9.96. The summed E-state index contributed by atoms with van der Waals surface area (Å²) in [6, 6.07) is 22.5. The molecule has 0 spiro atoms. The molecule has 0 radical (unpaired) electrons. The fourth-order valence-electron chi connectivity index (χ4n) is 4.30. The highest BCUT2D eigenvalue weighted by Crippen LogP contribution is 2.48. The molecule has 0 unspecified atom stereocenters. The Balaban J connectivity index is 1.46. The summed E-state index contributed by atoms with van der Waals surface area (Å²) in [6.45, 7) is 7.00. The van der Waals surface area contributed by atoms with Gasteiger partial charge in [0, 0.05) is 22.0 Å². The molecule has 34 heavy (non-hydrogen) atoms. The van der Waals surface area contributed by atoms with Crippen molar-refractivity contribution in [1.29, 1.82) is 0 Å². The standard InChI is InChI=1S/C28H27BrN2O3/c1-3-15-32-22-10-5-19(6-11-22)25-18-26-24-17-21(29)9-14-27(24)34-28(31(26)30-25)20-7-12-23(13-8-20)33-16-4-2/h3,5-14,17,26,28H,1,4,15-16,18H2,2H3/t26-,28-/m0/s1. The second kappa shape index (κ2) is 9.94. The van der Waals surface area contributed by atoms with Gasteiger partial charge in [0.15, 0.2) is 0 Å². The van der Waals surface area contributed by atoms with E-state index in [2.05, 4.69) is 64.8 Å². The van der Waals surface area contributed by atoms with Crippen LogP contribution in [-0.4, -0.2) is 23.9 Å². The average Bonchev–Trinajstić information content (AvgIpc) is 3.32. The lowest BCUT2D eigenvalue weighted by Crippen LogP contribution is -2.33. The largest absolute Gasteiger partial charge is 0.494 e. The lowest BCUT2D eigenvalue weighted by molar-refractivity contribution is -0.0191. The first-order valence-corrected chi connectivity index (χ1v) is 12.3. The summed E-state index contributed by atoms with van der Waals surface area (Å²) in [4.78, 5) is 0. The second-order valence-corrected chi connectivity index (χ2v) is 9.26. The smallest absolute Gasteiger partial charge is 0.213 e. The van der Waals surface area contributed by atoms with E-state index >= 15 is 0 Å². The highest BCUT2D eigenvalue weighted by Gasteiger charge is 2.41. The van der Waals surface area contributed by atoms with Crippen LogP contribution in [0.15, 0.2) is 89.0 Å². The first-order chi connectivity index (χ1) is 16.7. The van der Waals surface area contributed by atoms with Crippen molar-refractivity contribution in [3.63, 3.8) is 0 Å². The summed E-state index contributed by atoms with van der Waals surface area (Å²) in [6.07, 6.45) is 3.21. The topological polar surface area (TPSA) is 43.3 Å². The number of nitrogens with zero attached hydrogens (tertiary/aromatic N) is 2. The minimum absolute atomic E-state index is 0.0916. The maximum Gasteiger partial charge on any atom is 0.213 e. The maximum absolute atomic E-state index is 6.48. The van der Waals surface area contributed by atoms with E-state index < -0.39 is 0 Å². The Labute approximate surface area is 208 Å². The molecule has 3 aromatic carbocycles. The summed E-state index contributed by atoms with van der Waals surface area (Å²) >= 11 is 3.62. The Bertz CT molecular complexity index is 1190. The Morgan fingerprint density at radius 3 is 2.53 bits per heavy atom. The number of halogens is 1. The van der Waals surface area contributed by atoms with Gasteiger partial charge in [-0.1, -0.05) is 35.5 Å². The Kier molecular flexibility index (Phi) is 6.59. The number of fused-ring (bicyclic) bond motifs is 3. The second-order valence-electron chi connectivity index (χ2n) is 8.34. The summed E-state index contributed by atoms with van der Waals surface area (Å²) in [7, 11) is 0. The summed E-state index contributed by atoms with van der Waals surface area (Å²) in [5, 5.41) is 7.14. The SMILES string of the molecule is C=CCOc1ccc(C2=NN3[C@@H](C2)c2cc(Br)ccc2O[C@H]3c2ccc(OCCC)cc2)cc1. The van der Waals surface area contributed by atoms with E-state index in [0.29, 0.717) is 13.2 Å². The summed E-state index contributed by atoms with van der Waals surface area (Å²) < 4.78 is 18.9. The highest BCUT2D eigenvalue weighted by atomic mass is 79.9. The van der Waals surface area contributed by atoms with Gasteiger partial charge in [-0.3, -0.25) is 0 Å². The highest BCUT2D eigenvalue weighted by molar-refractivity contribution is 9.10. The quantitative estimate of drug-likeness (QED) is 0.300. The van der Waals surface area contributed by atoms with Crippen LogP contribution >= 0.6 is 15.9 Å². The third-order valence-corrected chi connectivity index (χ3v) is 6.44. The maximum atomic E-state index is 6.48. The van der Waals surface area contributed by atoms with E-state index in [-0.39, 0.29) is 12.3 Å². The van der Waals surface area contributed by atoms with Crippen LogP contribution in [0.2, 0.25) is 0 Å². The van der Waals surface area contributed by atoms with Gasteiger partial charge in [0.1, 0.15) is 23.9 Å². The molecule has 0 aliphatic carbocycles. The number of ether oxygens (including phenoxy) is 3. The van der Waals surface area contributed by atoms with Crippen LogP contribution in [0.1, 0.15) is 48.7 Å². The molecule has 2 atom stereocenters. The van der Waals surface area contributed by atoms with Gasteiger partial charge in [-0.2, -0.15) is 5.10 Å². The van der Waals surface area contributed by atoms with Gasteiger partial charge in [0.05, 0.1) is 18.4 Å². The molecule has 0 bridgehead atoms. The van der Waals surface area contributed by atoms with Crippen molar-refractivity contribution >= 4 is 21.6 Å². The van der Waals surface area contributed by atoms with Gasteiger partial charge in [-0.25, -0.2) is 5.01 Å². The normalized spacial score (nSPS) is 18.4. The molecule has 5 nitrogen and oxygen atoms in total. The van der Waals surface area contributed by atoms with Crippen LogP contribution in [0.5, 0.6) is 17.2 Å². The first-order valence-electron chi connectivity index (χ1n) is 11.5. The Hall–Kier alpha value is -3.25. The van der Waals surface area contributed by atoms with E-state index in [4.69, 9.17) is 19.3 Å². The van der Waals surface area contributed by atoms with Crippen LogP contribution in [0.4, 0.5) is 0 Å². The molecule has 0 fully saturated rings. The van der Waals surface area contributed by atoms with Crippen molar-refractivity contribution < 1.29 is 14.2 Å². The van der Waals surface area contributed by atoms with E-state index in [9.17, 15) is 0 Å². The van der Waals surface area contributed by atoms with Crippen molar-refractivity contribution in [2.75, 3.05) is 13.2 Å². The van der Waals surface area contributed by atoms with Gasteiger partial charge >= 0.3 is 0 Å². The van der Waals surface area contributed by atoms with Crippen molar-refractivity contribution in [2.45, 2.75) is 32.0 Å². The molecular formula is C28H27BrN2O3. The predicted molar refractivity (Wildman–Crippen MR) is 138 cm³/mol. The number of hydrazone groups is 1. The molecule has 2 heterocycles. The molecule has 5 rings (SSSR count). The molecule has 3 aromatic rings. The van der Waals surface area contributed by atoms with Crippen molar-refractivity contribution in [2.24, 2.45) is 5.10 Å². The predicted octanol–water partition coefficient (Wildman–Crippen LogP) is 7.05. The zero-order valence-electron chi connectivity index (χ0n) is 19.1. The third-order valence-electron chi connectivity index (χ3n) is 5.95. The van der Waals surface area contributed by atoms with Gasteiger partial charge in [-0.05, 0) is 78.7 Å². The Morgan fingerprint density at radius 1 is 1.06 bits per heavy atom. The molecule has 0 saturated carbocycles. The number of benzene rings is 3. The fraction of sp³-hybridized carbons (Fsp3) is 0.250. The van der Waals surface area contributed by atoms with Gasteiger partial charge in [0.25, 0.3) is 0 Å². The minimum Gasteiger partial charge on any atom is -0.494 e. The molecule has 0 saturated heterocycles. The molecule has 2 aliphatic rings. The minimum atomic E-state index is -0.313. The zero-order valence-corrected chi connectivity index (χ0v) is 20.7. The van der Waals surface area contributed by atoms with Crippen LogP contribution < -0.4 is 14.2 Å². The monoisotopic (exact) mass is 518 g/mol. The average molecular weight is 519 g/mol. The molecule has 2 aliphatic heterocycles. The summed E-state index contributed by atoms with van der Waals surface area (Å²) in [5.41, 5.74) is 4.29. The van der Waals surface area contributed by atoms with Gasteiger partial charge in [-0.15, -0.1) is 0 Å². The Morgan fingerprint density at radius 2 is 1.79 bits per heavy atom. The molecule has 0 amide bonds. The van der Waals surface area contributed by atoms with E-state index in [0.717, 1.165) is 57.0 Å². The molecule has 0 N–H and O–H groups in total. The van der Waals surface area contributed by atoms with Crippen LogP contribution in [-0.2, 0) is 0 Å². The molecule has 0 aromatic heterocycles. The van der Waals surface area contributed by atoms with Crippen LogP contribution in [0, 0.1) is 0 Å². The number of hydrogen-bond donors (Lipinski definition) is 0. The van der Waals surface area contributed by atoms with E-state index in [1.807, 2.05) is 36.4 Å². The lowest BCUT2D eigenvalue weighted by Gasteiger charge is -2.38. The van der Waals surface area contributed by atoms with Crippen molar-refractivity contribution in [3.05, 3.63) is 101 Å². The summed E-state index contributed by atoms with van der Waals surface area (Å²) in [5.74, 6) is 2.58. The molecular weight excluding hydrogens is 492 g/mol. The van der Waals surface area contributed by atoms with E-state index in [1.54, 1.807) is 6.08 Å². The van der Waals surface area contributed by atoms with Gasteiger partial charge in [0.2, 0.25) is 6.23 Å². The number of rotatable bonds is 8. The van der Waals surface area contributed by atoms with Crippen molar-refractivity contribution in [3.8, 4) is 17.2 Å². The zero-order chi connectivity index (χ0) is 23.5. The molecule has 6 heteroatoms. The number of hydrogen-bond acceptors (Lipinski definition) is 5. The molecule has 174 valence electrons.